The van der Waals surface area contributed by atoms with Crippen LogP contribution in [0.25, 0.3) is 0 Å². The van der Waals surface area contributed by atoms with Gasteiger partial charge in [0, 0.05) is 31.1 Å². The van der Waals surface area contributed by atoms with Crippen molar-refractivity contribution in [2.24, 2.45) is 11.3 Å². The van der Waals surface area contributed by atoms with E-state index in [1.165, 1.54) is 6.08 Å². The number of hydrogen-bond donors (Lipinski definition) is 1. The van der Waals surface area contributed by atoms with Gasteiger partial charge in [0.15, 0.2) is 0 Å². The van der Waals surface area contributed by atoms with Gasteiger partial charge in [-0.25, -0.2) is 4.79 Å². The molecule has 0 aliphatic heterocycles. The summed E-state index contributed by atoms with van der Waals surface area (Å²) in [4.78, 5) is 12.1. The van der Waals surface area contributed by atoms with Gasteiger partial charge in [-0.15, -0.1) is 0 Å². The minimum atomic E-state index is -1.19. The van der Waals surface area contributed by atoms with Crippen LogP contribution in [0.2, 0.25) is 0 Å². The molecular formula is C27H40O6. The molecule has 6 nitrogen and oxygen atoms in total. The summed E-state index contributed by atoms with van der Waals surface area (Å²) in [7, 11) is 1.59. The van der Waals surface area contributed by atoms with Crippen molar-refractivity contribution in [3.8, 4) is 0 Å². The van der Waals surface area contributed by atoms with Gasteiger partial charge in [0.05, 0.1) is 24.4 Å². The molecule has 0 saturated heterocycles. The number of carbonyl (C=O) groups is 1. The van der Waals surface area contributed by atoms with Crippen molar-refractivity contribution in [3.05, 3.63) is 60.2 Å². The van der Waals surface area contributed by atoms with Gasteiger partial charge in [-0.1, -0.05) is 49.9 Å². The smallest absolute Gasteiger partial charge is 0.330 e. The second-order valence-corrected chi connectivity index (χ2v) is 9.28. The molecular weight excluding hydrogens is 420 g/mol. The molecule has 1 aliphatic carbocycles. The van der Waals surface area contributed by atoms with E-state index in [2.05, 4.69) is 13.5 Å². The number of aliphatic hydroxyl groups is 1. The van der Waals surface area contributed by atoms with E-state index < -0.39 is 28.5 Å². The molecule has 0 aromatic heterocycles. The standard InChI is InChI=1S/C27H40O6/c1-7-32-24(28)14-13-23-25(4,17-18-31-19-22-11-9-8-10-12-22)26(5,33-20-30-6)15-16-27(23,29)21(2)3/h8-14,23,29H,2,7,15-20H2,1,3-6H3/b14-13+/t23-,25-,26-,27-/m0/s1. The first-order chi connectivity index (χ1) is 15.6. The molecule has 1 aromatic carbocycles. The zero-order valence-electron chi connectivity index (χ0n) is 20.8. The highest BCUT2D eigenvalue weighted by atomic mass is 16.7. The fraction of sp³-hybridized carbons (Fsp3) is 0.593. The van der Waals surface area contributed by atoms with Crippen molar-refractivity contribution in [2.45, 2.75) is 64.8 Å². The molecule has 0 amide bonds. The SMILES string of the molecule is C=C(C)[C@@]1(O)CC[C@](C)(OCOC)[C@@](C)(CCOCc2ccccc2)[C@@H]1/C=C/C(=O)OCC. The molecule has 0 unspecified atom stereocenters. The Hall–Kier alpha value is -1.99. The zero-order valence-corrected chi connectivity index (χ0v) is 20.8. The molecule has 0 bridgehead atoms. The molecule has 33 heavy (non-hydrogen) atoms. The number of esters is 1. The van der Waals surface area contributed by atoms with Gasteiger partial charge in [0.2, 0.25) is 0 Å². The maximum atomic E-state index is 12.1. The van der Waals surface area contributed by atoms with Crippen molar-refractivity contribution < 1.29 is 28.8 Å². The molecule has 2 rings (SSSR count). The van der Waals surface area contributed by atoms with E-state index >= 15 is 0 Å². The maximum Gasteiger partial charge on any atom is 0.330 e. The van der Waals surface area contributed by atoms with Crippen LogP contribution in [0.5, 0.6) is 0 Å². The fourth-order valence-corrected chi connectivity index (χ4v) is 4.84. The van der Waals surface area contributed by atoms with Gasteiger partial charge in [0.25, 0.3) is 0 Å². The Morgan fingerprint density at radius 2 is 1.94 bits per heavy atom. The lowest BCUT2D eigenvalue weighted by Crippen LogP contribution is -2.62. The van der Waals surface area contributed by atoms with E-state index in [1.807, 2.05) is 44.2 Å². The summed E-state index contributed by atoms with van der Waals surface area (Å²) in [5, 5.41) is 11.7. The highest BCUT2D eigenvalue weighted by Crippen LogP contribution is 2.57. The monoisotopic (exact) mass is 460 g/mol. The average Bonchev–Trinajstić information content (AvgIpc) is 2.79. The maximum absolute atomic E-state index is 12.1. The van der Waals surface area contributed by atoms with Gasteiger partial charge in [-0.2, -0.15) is 0 Å². The molecule has 184 valence electrons. The third-order valence-corrected chi connectivity index (χ3v) is 7.22. The second-order valence-electron chi connectivity index (χ2n) is 9.28. The molecule has 0 radical (unpaired) electrons. The van der Waals surface area contributed by atoms with E-state index in [1.54, 1.807) is 20.1 Å². The van der Waals surface area contributed by atoms with E-state index in [0.29, 0.717) is 38.0 Å². The number of benzene rings is 1. The van der Waals surface area contributed by atoms with Crippen LogP contribution in [0.4, 0.5) is 0 Å². The van der Waals surface area contributed by atoms with Crippen LogP contribution in [0, 0.1) is 11.3 Å². The van der Waals surface area contributed by atoms with Crippen LogP contribution in [0.15, 0.2) is 54.6 Å². The zero-order chi connectivity index (χ0) is 24.5. The van der Waals surface area contributed by atoms with Crippen molar-refractivity contribution in [1.29, 1.82) is 0 Å². The summed E-state index contributed by atoms with van der Waals surface area (Å²) in [6.45, 7) is 13.2. The normalized spacial score (nSPS) is 29.8. The Labute approximate surface area is 198 Å². The van der Waals surface area contributed by atoms with Crippen LogP contribution < -0.4 is 0 Å². The minimum Gasteiger partial charge on any atom is -0.463 e. The molecule has 4 atom stereocenters. The molecule has 1 saturated carbocycles. The van der Waals surface area contributed by atoms with Crippen molar-refractivity contribution in [1.82, 2.24) is 0 Å². The molecule has 1 aliphatic rings. The highest BCUT2D eigenvalue weighted by molar-refractivity contribution is 5.82. The molecule has 0 spiro atoms. The summed E-state index contributed by atoms with van der Waals surface area (Å²) in [6.07, 6.45) is 4.84. The molecule has 0 heterocycles. The van der Waals surface area contributed by atoms with Crippen LogP contribution >= 0.6 is 0 Å². The van der Waals surface area contributed by atoms with Crippen LogP contribution in [-0.4, -0.2) is 49.4 Å². The first-order valence-corrected chi connectivity index (χ1v) is 11.6. The number of methoxy groups -OCH3 is 1. The van der Waals surface area contributed by atoms with Gasteiger partial charge in [-0.05, 0) is 51.2 Å². The van der Waals surface area contributed by atoms with Crippen LogP contribution in [0.3, 0.4) is 0 Å². The van der Waals surface area contributed by atoms with Crippen molar-refractivity contribution in [2.75, 3.05) is 27.1 Å². The second kappa shape index (κ2) is 11.9. The average molecular weight is 461 g/mol. The van der Waals surface area contributed by atoms with E-state index in [-0.39, 0.29) is 13.4 Å². The van der Waals surface area contributed by atoms with Crippen LogP contribution in [0.1, 0.15) is 52.5 Å². The highest BCUT2D eigenvalue weighted by Gasteiger charge is 2.60. The Balaban J connectivity index is 2.36. The van der Waals surface area contributed by atoms with Crippen molar-refractivity contribution >= 4 is 5.97 Å². The Morgan fingerprint density at radius 3 is 2.55 bits per heavy atom. The molecule has 6 heteroatoms. The predicted molar refractivity (Wildman–Crippen MR) is 128 cm³/mol. The summed E-state index contributed by atoms with van der Waals surface area (Å²) < 4.78 is 22.6. The van der Waals surface area contributed by atoms with Crippen molar-refractivity contribution in [3.63, 3.8) is 0 Å². The first-order valence-electron chi connectivity index (χ1n) is 11.6. The van der Waals surface area contributed by atoms with E-state index in [9.17, 15) is 9.90 Å². The Morgan fingerprint density at radius 1 is 1.24 bits per heavy atom. The largest absolute Gasteiger partial charge is 0.463 e. The summed E-state index contributed by atoms with van der Waals surface area (Å²) in [6, 6.07) is 10.0. The topological polar surface area (TPSA) is 74.2 Å². The molecule has 1 fully saturated rings. The Bertz CT molecular complexity index is 806. The van der Waals surface area contributed by atoms with Gasteiger partial charge < -0.3 is 24.1 Å². The Kier molecular flexibility index (Phi) is 9.85. The summed E-state index contributed by atoms with van der Waals surface area (Å²) in [5.41, 5.74) is -0.637. The van der Waals surface area contributed by atoms with Gasteiger partial charge in [0.1, 0.15) is 6.79 Å². The van der Waals surface area contributed by atoms with Gasteiger partial charge >= 0.3 is 5.97 Å². The lowest BCUT2D eigenvalue weighted by molar-refractivity contribution is -0.236. The van der Waals surface area contributed by atoms with E-state index in [4.69, 9.17) is 18.9 Å². The predicted octanol–water partition coefficient (Wildman–Crippen LogP) is 4.82. The summed E-state index contributed by atoms with van der Waals surface area (Å²) >= 11 is 0. The molecule has 1 aromatic rings. The quantitative estimate of drug-likeness (QED) is 0.159. The third kappa shape index (κ3) is 6.33. The van der Waals surface area contributed by atoms with Crippen LogP contribution in [-0.2, 0) is 30.3 Å². The number of rotatable bonds is 12. The van der Waals surface area contributed by atoms with E-state index in [0.717, 1.165) is 5.56 Å². The lowest BCUT2D eigenvalue weighted by atomic mass is 9.51. The minimum absolute atomic E-state index is 0.136. The number of carbonyl (C=O) groups excluding carboxylic acids is 1. The first kappa shape index (κ1) is 27.3. The number of hydrogen-bond acceptors (Lipinski definition) is 6. The number of ether oxygens (including phenoxy) is 4. The fourth-order valence-electron chi connectivity index (χ4n) is 4.84. The lowest BCUT2D eigenvalue weighted by Gasteiger charge is -2.59. The van der Waals surface area contributed by atoms with Gasteiger partial charge in [-0.3, -0.25) is 0 Å². The summed E-state index contributed by atoms with van der Waals surface area (Å²) in [5.74, 6) is -0.878. The third-order valence-electron chi connectivity index (χ3n) is 7.22. The molecule has 1 N–H and O–H groups in total.